The van der Waals surface area contributed by atoms with Crippen LogP contribution in [0.5, 0.6) is 5.75 Å². The van der Waals surface area contributed by atoms with Crippen molar-refractivity contribution in [1.82, 2.24) is 9.88 Å². The summed E-state index contributed by atoms with van der Waals surface area (Å²) in [5.41, 5.74) is 3.95. The van der Waals surface area contributed by atoms with Gasteiger partial charge in [-0.2, -0.15) is 0 Å². The number of nitrogens with one attached hydrogen (secondary N) is 1. The van der Waals surface area contributed by atoms with Crippen molar-refractivity contribution in [3.05, 3.63) is 102 Å². The van der Waals surface area contributed by atoms with Crippen LogP contribution in [0, 0.1) is 5.82 Å². The number of carbonyl (C=O) groups excluding carboxylic acids is 1. The lowest BCUT2D eigenvalue weighted by Gasteiger charge is -2.09. The van der Waals surface area contributed by atoms with Gasteiger partial charge in [-0.15, -0.1) is 0 Å². The van der Waals surface area contributed by atoms with Crippen LogP contribution >= 0.6 is 0 Å². The van der Waals surface area contributed by atoms with Gasteiger partial charge in [0.15, 0.2) is 0 Å². The second-order valence-corrected chi connectivity index (χ2v) is 7.19. The molecule has 0 radical (unpaired) electrons. The predicted molar refractivity (Wildman–Crippen MR) is 116 cm³/mol. The number of fused-ring (bicyclic) bond motifs is 1. The van der Waals surface area contributed by atoms with E-state index in [4.69, 9.17) is 4.74 Å². The van der Waals surface area contributed by atoms with Crippen LogP contribution in [0.25, 0.3) is 10.9 Å². The van der Waals surface area contributed by atoms with E-state index in [2.05, 4.69) is 9.88 Å². The predicted octanol–water partition coefficient (Wildman–Crippen LogP) is 4.70. The molecule has 0 aliphatic carbocycles. The number of benzene rings is 3. The molecule has 0 saturated carbocycles. The van der Waals surface area contributed by atoms with Crippen LogP contribution in [-0.4, -0.2) is 17.6 Å². The van der Waals surface area contributed by atoms with Gasteiger partial charge in [-0.1, -0.05) is 48.5 Å². The average Bonchev–Trinajstić information content (AvgIpc) is 3.11. The number of methoxy groups -OCH3 is 1. The Balaban J connectivity index is 1.51. The minimum Gasteiger partial charge on any atom is -0.496 e. The molecule has 0 aliphatic heterocycles. The van der Waals surface area contributed by atoms with Crippen LogP contribution in [0.4, 0.5) is 4.39 Å². The number of hydrogen-bond donors (Lipinski definition) is 1. The molecule has 4 nitrogen and oxygen atoms in total. The molecule has 4 rings (SSSR count). The topological polar surface area (TPSA) is 43.3 Å². The molecule has 1 N–H and O–H groups in total. The van der Waals surface area contributed by atoms with Gasteiger partial charge in [0, 0.05) is 35.8 Å². The number of ether oxygens (including phenoxy) is 1. The van der Waals surface area contributed by atoms with Crippen molar-refractivity contribution in [2.45, 2.75) is 19.5 Å². The Morgan fingerprint density at radius 2 is 1.70 bits per heavy atom. The Labute approximate surface area is 174 Å². The fraction of sp³-hybridized carbons (Fsp3) is 0.160. The highest BCUT2D eigenvalue weighted by Gasteiger charge is 2.13. The number of hydrogen-bond acceptors (Lipinski definition) is 2. The molecular formula is C25H23FN2O2. The summed E-state index contributed by atoms with van der Waals surface area (Å²) >= 11 is 0. The summed E-state index contributed by atoms with van der Waals surface area (Å²) in [7, 11) is 1.62. The highest BCUT2D eigenvalue weighted by atomic mass is 19.1. The summed E-state index contributed by atoms with van der Waals surface area (Å²) < 4.78 is 20.7. The molecule has 1 aromatic heterocycles. The number of amides is 1. The van der Waals surface area contributed by atoms with E-state index < -0.39 is 0 Å². The van der Waals surface area contributed by atoms with E-state index in [1.165, 1.54) is 12.1 Å². The molecule has 0 bridgehead atoms. The number of carbonyl (C=O) groups is 1. The summed E-state index contributed by atoms with van der Waals surface area (Å²) in [5.74, 6) is 0.461. The van der Waals surface area contributed by atoms with Gasteiger partial charge in [0.05, 0.1) is 13.5 Å². The Kier molecular flexibility index (Phi) is 5.80. The zero-order valence-electron chi connectivity index (χ0n) is 16.8. The average molecular weight is 402 g/mol. The number of para-hydroxylation sites is 2. The van der Waals surface area contributed by atoms with E-state index >= 15 is 0 Å². The smallest absolute Gasteiger partial charge is 0.224 e. The van der Waals surface area contributed by atoms with E-state index in [0.29, 0.717) is 13.1 Å². The molecule has 1 heterocycles. The van der Waals surface area contributed by atoms with Gasteiger partial charge < -0.3 is 14.6 Å². The van der Waals surface area contributed by atoms with Crippen LogP contribution in [0.15, 0.2) is 79.0 Å². The summed E-state index contributed by atoms with van der Waals surface area (Å²) in [6, 6.07) is 22.2. The van der Waals surface area contributed by atoms with Crippen molar-refractivity contribution in [3.63, 3.8) is 0 Å². The van der Waals surface area contributed by atoms with E-state index in [9.17, 15) is 9.18 Å². The summed E-state index contributed by atoms with van der Waals surface area (Å²) in [4.78, 5) is 12.6. The zero-order valence-corrected chi connectivity index (χ0v) is 16.8. The molecule has 3 aromatic carbocycles. The molecule has 30 heavy (non-hydrogen) atoms. The summed E-state index contributed by atoms with van der Waals surface area (Å²) in [5, 5.41) is 4.03. The van der Waals surface area contributed by atoms with E-state index in [1.54, 1.807) is 19.2 Å². The first-order valence-corrected chi connectivity index (χ1v) is 9.84. The molecule has 0 spiro atoms. The Bertz CT molecular complexity index is 1170. The third-order valence-corrected chi connectivity index (χ3v) is 5.16. The van der Waals surface area contributed by atoms with E-state index in [0.717, 1.165) is 33.3 Å². The number of rotatable bonds is 7. The molecule has 1 amide bonds. The molecule has 0 unspecified atom stereocenters. The van der Waals surface area contributed by atoms with Crippen LogP contribution in [0.1, 0.15) is 16.7 Å². The largest absolute Gasteiger partial charge is 0.496 e. The van der Waals surface area contributed by atoms with Gasteiger partial charge in [0.2, 0.25) is 5.91 Å². The maximum atomic E-state index is 13.2. The van der Waals surface area contributed by atoms with Gasteiger partial charge in [-0.3, -0.25) is 4.79 Å². The first-order valence-electron chi connectivity index (χ1n) is 9.84. The lowest BCUT2D eigenvalue weighted by Crippen LogP contribution is -2.24. The van der Waals surface area contributed by atoms with Gasteiger partial charge in [-0.25, -0.2) is 4.39 Å². The SMILES string of the molecule is COc1ccccc1CNC(=O)Cc1cn(Cc2ccc(F)cc2)c2ccccc12. The molecule has 152 valence electrons. The van der Waals surface area contributed by atoms with Gasteiger partial charge in [0.25, 0.3) is 0 Å². The summed E-state index contributed by atoms with van der Waals surface area (Å²) in [6.07, 6.45) is 2.29. The van der Waals surface area contributed by atoms with Gasteiger partial charge >= 0.3 is 0 Å². The Morgan fingerprint density at radius 1 is 0.967 bits per heavy atom. The number of halogens is 1. The molecular weight excluding hydrogens is 379 g/mol. The fourth-order valence-electron chi connectivity index (χ4n) is 3.66. The van der Waals surface area contributed by atoms with Crippen LogP contribution < -0.4 is 10.1 Å². The van der Waals surface area contributed by atoms with Crippen LogP contribution in [-0.2, 0) is 24.3 Å². The second-order valence-electron chi connectivity index (χ2n) is 7.19. The lowest BCUT2D eigenvalue weighted by molar-refractivity contribution is -0.120. The minimum atomic E-state index is -0.247. The van der Waals surface area contributed by atoms with Crippen molar-refractivity contribution in [1.29, 1.82) is 0 Å². The molecule has 5 heteroatoms. The van der Waals surface area contributed by atoms with Gasteiger partial charge in [-0.05, 0) is 35.4 Å². The first kappa shape index (κ1) is 19.7. The standard InChI is InChI=1S/C25H23FN2O2/c1-30-24-9-5-2-6-19(24)15-27-25(29)14-20-17-28(23-8-4-3-7-22(20)23)16-18-10-12-21(26)13-11-18/h2-13,17H,14-16H2,1H3,(H,27,29). The molecule has 0 saturated heterocycles. The fourth-order valence-corrected chi connectivity index (χ4v) is 3.66. The Hall–Kier alpha value is -3.60. The molecule has 4 aromatic rings. The van der Waals surface area contributed by atoms with E-state index in [1.807, 2.05) is 54.7 Å². The third-order valence-electron chi connectivity index (χ3n) is 5.16. The van der Waals surface area contributed by atoms with Crippen molar-refractivity contribution in [2.24, 2.45) is 0 Å². The lowest BCUT2D eigenvalue weighted by atomic mass is 10.1. The minimum absolute atomic E-state index is 0.0504. The quantitative estimate of drug-likeness (QED) is 0.487. The van der Waals surface area contributed by atoms with Crippen molar-refractivity contribution in [2.75, 3.05) is 7.11 Å². The van der Waals surface area contributed by atoms with Crippen molar-refractivity contribution >= 4 is 16.8 Å². The van der Waals surface area contributed by atoms with Gasteiger partial charge in [0.1, 0.15) is 11.6 Å². The normalized spacial score (nSPS) is 10.9. The monoisotopic (exact) mass is 402 g/mol. The van der Waals surface area contributed by atoms with E-state index in [-0.39, 0.29) is 18.1 Å². The second kappa shape index (κ2) is 8.82. The maximum absolute atomic E-state index is 13.2. The Morgan fingerprint density at radius 3 is 2.50 bits per heavy atom. The number of nitrogens with zero attached hydrogens (tertiary/aromatic N) is 1. The summed E-state index contributed by atoms with van der Waals surface area (Å²) in [6.45, 7) is 1.03. The maximum Gasteiger partial charge on any atom is 0.224 e. The van der Waals surface area contributed by atoms with Crippen molar-refractivity contribution < 1.29 is 13.9 Å². The third kappa shape index (κ3) is 4.35. The zero-order chi connectivity index (χ0) is 20.9. The van der Waals surface area contributed by atoms with Crippen LogP contribution in [0.3, 0.4) is 0 Å². The first-order chi connectivity index (χ1) is 14.6. The highest BCUT2D eigenvalue weighted by molar-refractivity contribution is 5.89. The van der Waals surface area contributed by atoms with Crippen LogP contribution in [0.2, 0.25) is 0 Å². The van der Waals surface area contributed by atoms with Crippen molar-refractivity contribution in [3.8, 4) is 5.75 Å². The molecule has 0 aliphatic rings. The molecule has 0 atom stereocenters. The molecule has 0 fully saturated rings. The number of aromatic nitrogens is 1. The highest BCUT2D eigenvalue weighted by Crippen LogP contribution is 2.23.